The Balaban J connectivity index is 2.00. The maximum atomic E-state index is 12.2. The van der Waals surface area contributed by atoms with Crippen LogP contribution in [0, 0.1) is 25.2 Å². The molecule has 1 aliphatic heterocycles. The monoisotopic (exact) mass is 290 g/mol. The molecule has 0 bridgehead atoms. The summed E-state index contributed by atoms with van der Waals surface area (Å²) >= 11 is 0. The number of carbonyl (C=O) groups is 1. The van der Waals surface area contributed by atoms with E-state index in [2.05, 4.69) is 35.2 Å². The van der Waals surface area contributed by atoms with E-state index in [0.717, 1.165) is 25.2 Å². The molecule has 1 atom stereocenters. The molecule has 1 unspecified atom stereocenters. The van der Waals surface area contributed by atoms with E-state index in [-0.39, 0.29) is 11.8 Å². The molecule has 2 heterocycles. The number of piperazine rings is 1. The summed E-state index contributed by atoms with van der Waals surface area (Å²) in [4.78, 5) is 16.6. The summed E-state index contributed by atoms with van der Waals surface area (Å²) in [6.45, 7) is 8.82. The van der Waals surface area contributed by atoms with Gasteiger partial charge >= 0.3 is 0 Å². The number of hydrogen-bond donors (Lipinski definition) is 1. The van der Waals surface area contributed by atoms with Crippen LogP contribution in [0.1, 0.15) is 23.8 Å². The highest BCUT2D eigenvalue weighted by atomic mass is 16.4. The van der Waals surface area contributed by atoms with Crippen molar-refractivity contribution < 1.29 is 9.21 Å². The van der Waals surface area contributed by atoms with Gasteiger partial charge in [-0.1, -0.05) is 0 Å². The first-order chi connectivity index (χ1) is 9.92. The highest BCUT2D eigenvalue weighted by molar-refractivity contribution is 5.92. The molecule has 1 aliphatic rings. The number of aryl methyl sites for hydroxylation is 1. The highest BCUT2D eigenvalue weighted by Gasteiger charge is 2.24. The summed E-state index contributed by atoms with van der Waals surface area (Å²) in [6.07, 6.45) is 0. The van der Waals surface area contributed by atoms with Crippen LogP contribution >= 0.6 is 0 Å². The summed E-state index contributed by atoms with van der Waals surface area (Å²) < 4.78 is 5.46. The number of nitrogens with one attached hydrogen (secondary N) is 1. The summed E-state index contributed by atoms with van der Waals surface area (Å²) in [5.41, 5.74) is 1.19. The lowest BCUT2D eigenvalue weighted by atomic mass is 10.2. The zero-order valence-corrected chi connectivity index (χ0v) is 13.1. The minimum absolute atomic E-state index is 0.142. The minimum Gasteiger partial charge on any atom is -0.444 e. The van der Waals surface area contributed by atoms with Crippen molar-refractivity contribution >= 4 is 11.8 Å². The van der Waals surface area contributed by atoms with Crippen molar-refractivity contribution in [1.82, 2.24) is 9.80 Å². The number of nitriles is 1. The molecule has 1 amide bonds. The third kappa shape index (κ3) is 3.43. The predicted molar refractivity (Wildman–Crippen MR) is 80.1 cm³/mol. The Bertz CT molecular complexity index is 573. The van der Waals surface area contributed by atoms with E-state index < -0.39 is 0 Å². The van der Waals surface area contributed by atoms with Gasteiger partial charge in [-0.3, -0.25) is 15.0 Å². The van der Waals surface area contributed by atoms with Crippen molar-refractivity contribution in [2.75, 3.05) is 38.5 Å². The second-order valence-corrected chi connectivity index (χ2v) is 5.73. The Morgan fingerprint density at radius 3 is 2.81 bits per heavy atom. The molecule has 0 aromatic carbocycles. The first-order valence-corrected chi connectivity index (χ1v) is 7.15. The summed E-state index contributed by atoms with van der Waals surface area (Å²) in [5, 5.41) is 11.9. The second kappa shape index (κ2) is 6.29. The number of nitrogens with zero attached hydrogens (tertiary/aromatic N) is 3. The smallest absolute Gasteiger partial charge is 0.240 e. The number of hydrogen-bond acceptors (Lipinski definition) is 5. The molecule has 0 radical (unpaired) electrons. The average Bonchev–Trinajstić information content (AvgIpc) is 2.67. The van der Waals surface area contributed by atoms with Gasteiger partial charge in [0.05, 0.1) is 6.54 Å². The number of anilines is 1. The van der Waals surface area contributed by atoms with Crippen LogP contribution in [0.2, 0.25) is 0 Å². The molecule has 6 heteroatoms. The molecule has 1 aromatic heterocycles. The number of furan rings is 1. The molecule has 1 N–H and O–H groups in total. The summed E-state index contributed by atoms with van der Waals surface area (Å²) in [7, 11) is 2.08. The van der Waals surface area contributed by atoms with Gasteiger partial charge in [-0.2, -0.15) is 5.26 Å². The van der Waals surface area contributed by atoms with Gasteiger partial charge < -0.3 is 9.32 Å². The Morgan fingerprint density at radius 2 is 2.19 bits per heavy atom. The van der Waals surface area contributed by atoms with Crippen LogP contribution in [-0.2, 0) is 4.79 Å². The summed E-state index contributed by atoms with van der Waals surface area (Å²) in [6, 6.07) is 2.42. The fourth-order valence-corrected chi connectivity index (χ4v) is 2.61. The van der Waals surface area contributed by atoms with Gasteiger partial charge in [-0.05, 0) is 27.8 Å². The molecule has 1 aromatic rings. The van der Waals surface area contributed by atoms with Crippen molar-refractivity contribution in [1.29, 1.82) is 5.26 Å². The lowest BCUT2D eigenvalue weighted by molar-refractivity contribution is -0.118. The van der Waals surface area contributed by atoms with Gasteiger partial charge in [0.2, 0.25) is 11.8 Å². The highest BCUT2D eigenvalue weighted by Crippen LogP contribution is 2.25. The number of amides is 1. The van der Waals surface area contributed by atoms with E-state index in [1.54, 1.807) is 6.92 Å². The quantitative estimate of drug-likeness (QED) is 0.909. The predicted octanol–water partition coefficient (Wildman–Crippen LogP) is 1.34. The second-order valence-electron chi connectivity index (χ2n) is 5.73. The van der Waals surface area contributed by atoms with Crippen molar-refractivity contribution in [3.8, 4) is 6.07 Å². The van der Waals surface area contributed by atoms with Gasteiger partial charge in [0.15, 0.2) is 0 Å². The van der Waals surface area contributed by atoms with E-state index in [0.29, 0.717) is 23.9 Å². The van der Waals surface area contributed by atoms with E-state index in [1.807, 2.05) is 6.92 Å². The van der Waals surface area contributed by atoms with Crippen molar-refractivity contribution in [3.63, 3.8) is 0 Å². The van der Waals surface area contributed by atoms with E-state index >= 15 is 0 Å². The third-order valence-corrected chi connectivity index (χ3v) is 4.06. The standard InChI is InChI=1S/C15H22N4O2/c1-10-8-18(4)5-6-19(10)9-14(20)17-15-13(7-16)11(2)12(3)21-15/h10H,5-6,8-9H2,1-4H3,(H,17,20). The van der Waals surface area contributed by atoms with Gasteiger partial charge in [-0.15, -0.1) is 0 Å². The Hall–Kier alpha value is -1.84. The number of rotatable bonds is 3. The molecule has 1 saturated heterocycles. The average molecular weight is 290 g/mol. The van der Waals surface area contributed by atoms with Crippen LogP contribution in [0.3, 0.4) is 0 Å². The zero-order chi connectivity index (χ0) is 15.6. The van der Waals surface area contributed by atoms with E-state index in [9.17, 15) is 4.79 Å². The van der Waals surface area contributed by atoms with Crippen molar-refractivity contribution in [3.05, 3.63) is 16.9 Å². The first-order valence-electron chi connectivity index (χ1n) is 7.15. The fourth-order valence-electron chi connectivity index (χ4n) is 2.61. The molecule has 0 aliphatic carbocycles. The Morgan fingerprint density at radius 1 is 1.48 bits per heavy atom. The van der Waals surface area contributed by atoms with Crippen LogP contribution in [0.15, 0.2) is 4.42 Å². The normalized spacial score (nSPS) is 20.2. The maximum Gasteiger partial charge on any atom is 0.240 e. The molecule has 0 spiro atoms. The lowest BCUT2D eigenvalue weighted by Crippen LogP contribution is -2.52. The van der Waals surface area contributed by atoms with Gasteiger partial charge in [0, 0.05) is 31.2 Å². The molecule has 21 heavy (non-hydrogen) atoms. The molecule has 114 valence electrons. The van der Waals surface area contributed by atoms with E-state index in [1.165, 1.54) is 0 Å². The SMILES string of the molecule is Cc1oc(NC(=O)CN2CCN(C)CC2C)c(C#N)c1C. The van der Waals surface area contributed by atoms with Crippen LogP contribution in [-0.4, -0.2) is 55.0 Å². The Kier molecular flexibility index (Phi) is 4.66. The first kappa shape index (κ1) is 15.5. The van der Waals surface area contributed by atoms with Crippen LogP contribution in [0.4, 0.5) is 5.88 Å². The van der Waals surface area contributed by atoms with Crippen molar-refractivity contribution in [2.24, 2.45) is 0 Å². The Labute approximate surface area is 125 Å². The van der Waals surface area contributed by atoms with Crippen LogP contribution in [0.5, 0.6) is 0 Å². The van der Waals surface area contributed by atoms with Crippen LogP contribution in [0.25, 0.3) is 0 Å². The number of likely N-dealkylation sites (N-methyl/N-ethyl adjacent to an activating group) is 1. The molecular weight excluding hydrogens is 268 g/mol. The molecular formula is C15H22N4O2. The van der Waals surface area contributed by atoms with Crippen molar-refractivity contribution in [2.45, 2.75) is 26.8 Å². The minimum atomic E-state index is -0.142. The molecule has 0 saturated carbocycles. The largest absolute Gasteiger partial charge is 0.444 e. The third-order valence-electron chi connectivity index (χ3n) is 4.06. The molecule has 1 fully saturated rings. The zero-order valence-electron chi connectivity index (χ0n) is 13.1. The van der Waals surface area contributed by atoms with Gasteiger partial charge in [0.25, 0.3) is 0 Å². The van der Waals surface area contributed by atoms with Crippen LogP contribution < -0.4 is 5.32 Å². The topological polar surface area (TPSA) is 72.5 Å². The molecule has 2 rings (SSSR count). The van der Waals surface area contributed by atoms with Gasteiger partial charge in [-0.25, -0.2) is 0 Å². The fraction of sp³-hybridized carbons (Fsp3) is 0.600. The maximum absolute atomic E-state index is 12.2. The van der Waals surface area contributed by atoms with E-state index in [4.69, 9.17) is 9.68 Å². The van der Waals surface area contributed by atoms with Gasteiger partial charge in [0.1, 0.15) is 17.4 Å². The summed E-state index contributed by atoms with van der Waals surface area (Å²) in [5.74, 6) is 0.783. The number of carbonyl (C=O) groups excluding carboxylic acids is 1. The molecule has 6 nitrogen and oxygen atoms in total. The lowest BCUT2D eigenvalue weighted by Gasteiger charge is -2.37.